The molecule has 2 aromatic rings. The van der Waals surface area contributed by atoms with E-state index in [4.69, 9.17) is 11.6 Å². The molecule has 0 spiro atoms. The van der Waals surface area contributed by atoms with Crippen LogP contribution in [0.4, 0.5) is 0 Å². The number of rotatable bonds is 7. The highest BCUT2D eigenvalue weighted by Gasteiger charge is 2.15. The summed E-state index contributed by atoms with van der Waals surface area (Å²) in [6.07, 6.45) is 3.36. The zero-order chi connectivity index (χ0) is 15.9. The fourth-order valence-electron chi connectivity index (χ4n) is 2.39. The lowest BCUT2D eigenvalue weighted by Gasteiger charge is -2.25. The summed E-state index contributed by atoms with van der Waals surface area (Å²) in [7, 11) is 1.90. The molecule has 0 N–H and O–H groups in total. The van der Waals surface area contributed by atoms with Crippen LogP contribution in [-0.2, 0) is 17.6 Å². The lowest BCUT2D eigenvalue weighted by molar-refractivity contribution is -0.131. The van der Waals surface area contributed by atoms with E-state index in [0.29, 0.717) is 6.42 Å². The summed E-state index contributed by atoms with van der Waals surface area (Å²) in [5.41, 5.74) is 1.20. The Bertz CT molecular complexity index is 580. The second kappa shape index (κ2) is 8.35. The van der Waals surface area contributed by atoms with Gasteiger partial charge in [-0.25, -0.2) is 0 Å². The van der Waals surface area contributed by atoms with Crippen LogP contribution in [0.2, 0.25) is 5.02 Å². The average Bonchev–Trinajstić information content (AvgIpc) is 3.02. The van der Waals surface area contributed by atoms with E-state index in [1.54, 1.807) is 11.3 Å². The SMILES string of the molecule is CC(Cc1ccc(Cl)cc1)N(C)C(=O)CCCc1cccs1. The topological polar surface area (TPSA) is 20.3 Å². The molecule has 118 valence electrons. The van der Waals surface area contributed by atoms with Crippen molar-refractivity contribution in [3.8, 4) is 0 Å². The van der Waals surface area contributed by atoms with Crippen molar-refractivity contribution >= 4 is 28.8 Å². The minimum absolute atomic E-state index is 0.190. The number of benzene rings is 1. The molecule has 0 radical (unpaired) electrons. The summed E-state index contributed by atoms with van der Waals surface area (Å²) in [4.78, 5) is 15.5. The van der Waals surface area contributed by atoms with Crippen LogP contribution in [-0.4, -0.2) is 23.9 Å². The zero-order valence-corrected chi connectivity index (χ0v) is 14.7. The molecule has 22 heavy (non-hydrogen) atoms. The van der Waals surface area contributed by atoms with E-state index in [9.17, 15) is 4.79 Å². The van der Waals surface area contributed by atoms with Gasteiger partial charge in [0.05, 0.1) is 0 Å². The first-order valence-corrected chi connectivity index (χ1v) is 8.84. The fourth-order valence-corrected chi connectivity index (χ4v) is 3.27. The maximum absolute atomic E-state index is 12.3. The molecule has 0 aliphatic heterocycles. The summed E-state index contributed by atoms with van der Waals surface area (Å²) in [6, 6.07) is 12.2. The Balaban J connectivity index is 1.77. The van der Waals surface area contributed by atoms with Gasteiger partial charge in [0, 0.05) is 29.4 Å². The number of halogens is 1. The molecular formula is C18H22ClNOS. The standard InChI is InChI=1S/C18H22ClNOS/c1-14(13-15-8-10-16(19)11-9-15)20(2)18(21)7-3-5-17-6-4-12-22-17/h4,6,8-12,14H,3,5,7,13H2,1-2H3. The third-order valence-corrected chi connectivity index (χ3v) is 5.08. The smallest absolute Gasteiger partial charge is 0.222 e. The van der Waals surface area contributed by atoms with E-state index in [1.165, 1.54) is 10.4 Å². The Morgan fingerprint density at radius 1 is 1.27 bits per heavy atom. The van der Waals surface area contributed by atoms with Crippen LogP contribution in [0.1, 0.15) is 30.2 Å². The molecule has 1 atom stereocenters. The van der Waals surface area contributed by atoms with Gasteiger partial charge >= 0.3 is 0 Å². The second-order valence-electron chi connectivity index (χ2n) is 5.62. The molecular weight excluding hydrogens is 314 g/mol. The van der Waals surface area contributed by atoms with Crippen LogP contribution in [0.15, 0.2) is 41.8 Å². The Labute approximate surface area is 141 Å². The number of carbonyl (C=O) groups is 1. The number of aryl methyl sites for hydroxylation is 1. The van der Waals surface area contributed by atoms with Gasteiger partial charge in [-0.15, -0.1) is 11.3 Å². The van der Waals surface area contributed by atoms with E-state index in [0.717, 1.165) is 24.3 Å². The van der Waals surface area contributed by atoms with Gasteiger partial charge < -0.3 is 4.90 Å². The predicted molar refractivity (Wildman–Crippen MR) is 94.6 cm³/mol. The molecule has 1 heterocycles. The number of thiophene rings is 1. The zero-order valence-electron chi connectivity index (χ0n) is 13.1. The summed E-state index contributed by atoms with van der Waals surface area (Å²) >= 11 is 7.65. The predicted octanol–water partition coefficient (Wildman–Crippen LogP) is 4.81. The van der Waals surface area contributed by atoms with Crippen molar-refractivity contribution in [2.75, 3.05) is 7.05 Å². The van der Waals surface area contributed by atoms with Gasteiger partial charge in [-0.3, -0.25) is 4.79 Å². The van der Waals surface area contributed by atoms with Crippen LogP contribution in [0.3, 0.4) is 0 Å². The molecule has 1 amide bonds. The first-order chi connectivity index (χ1) is 10.6. The van der Waals surface area contributed by atoms with Crippen molar-refractivity contribution in [1.82, 2.24) is 4.90 Å². The van der Waals surface area contributed by atoms with Crippen molar-refractivity contribution in [2.45, 2.75) is 38.6 Å². The molecule has 1 aromatic carbocycles. The highest BCUT2D eigenvalue weighted by Crippen LogP contribution is 2.15. The van der Waals surface area contributed by atoms with Crippen molar-refractivity contribution in [2.24, 2.45) is 0 Å². The molecule has 1 unspecified atom stereocenters. The number of nitrogens with zero attached hydrogens (tertiary/aromatic N) is 1. The van der Waals surface area contributed by atoms with Gasteiger partial charge in [0.2, 0.25) is 5.91 Å². The molecule has 1 aromatic heterocycles. The second-order valence-corrected chi connectivity index (χ2v) is 7.09. The summed E-state index contributed by atoms with van der Waals surface area (Å²) in [5, 5.41) is 2.83. The van der Waals surface area contributed by atoms with Crippen LogP contribution < -0.4 is 0 Å². The maximum Gasteiger partial charge on any atom is 0.222 e. The van der Waals surface area contributed by atoms with E-state index in [-0.39, 0.29) is 11.9 Å². The third kappa shape index (κ3) is 5.15. The third-order valence-electron chi connectivity index (χ3n) is 3.89. The van der Waals surface area contributed by atoms with Crippen LogP contribution >= 0.6 is 22.9 Å². The molecule has 0 saturated carbocycles. The molecule has 4 heteroatoms. The van der Waals surface area contributed by atoms with Gasteiger partial charge in [-0.1, -0.05) is 29.8 Å². The minimum atomic E-state index is 0.190. The monoisotopic (exact) mass is 335 g/mol. The highest BCUT2D eigenvalue weighted by molar-refractivity contribution is 7.09. The van der Waals surface area contributed by atoms with Gasteiger partial charge in [-0.2, -0.15) is 0 Å². The number of amides is 1. The number of hydrogen-bond acceptors (Lipinski definition) is 2. The summed E-state index contributed by atoms with van der Waals surface area (Å²) in [6.45, 7) is 2.09. The van der Waals surface area contributed by atoms with E-state index in [2.05, 4.69) is 24.4 Å². The van der Waals surface area contributed by atoms with Gasteiger partial charge in [0.15, 0.2) is 0 Å². The average molecular weight is 336 g/mol. The first kappa shape index (κ1) is 17.0. The number of likely N-dealkylation sites (N-methyl/N-ethyl adjacent to an activating group) is 1. The molecule has 0 fully saturated rings. The van der Waals surface area contributed by atoms with Crippen molar-refractivity contribution in [1.29, 1.82) is 0 Å². The molecule has 0 bridgehead atoms. The normalized spacial score (nSPS) is 12.1. The quantitative estimate of drug-likeness (QED) is 0.710. The Kier molecular flexibility index (Phi) is 6.47. The molecule has 2 rings (SSSR count). The summed E-state index contributed by atoms with van der Waals surface area (Å²) in [5.74, 6) is 0.220. The van der Waals surface area contributed by atoms with Gasteiger partial charge in [0.1, 0.15) is 0 Å². The van der Waals surface area contributed by atoms with Crippen LogP contribution in [0, 0.1) is 0 Å². The number of carbonyl (C=O) groups excluding carboxylic acids is 1. The van der Waals surface area contributed by atoms with Crippen LogP contribution in [0.25, 0.3) is 0 Å². The number of hydrogen-bond donors (Lipinski definition) is 0. The van der Waals surface area contributed by atoms with Crippen molar-refractivity contribution in [3.63, 3.8) is 0 Å². The van der Waals surface area contributed by atoms with Crippen molar-refractivity contribution < 1.29 is 4.79 Å². The van der Waals surface area contributed by atoms with Gasteiger partial charge in [-0.05, 0) is 55.3 Å². The summed E-state index contributed by atoms with van der Waals surface area (Å²) < 4.78 is 0. The maximum atomic E-state index is 12.3. The van der Waals surface area contributed by atoms with E-state index in [1.807, 2.05) is 36.2 Å². The van der Waals surface area contributed by atoms with Crippen LogP contribution in [0.5, 0.6) is 0 Å². The van der Waals surface area contributed by atoms with E-state index < -0.39 is 0 Å². The highest BCUT2D eigenvalue weighted by atomic mass is 35.5. The molecule has 0 aliphatic rings. The van der Waals surface area contributed by atoms with Gasteiger partial charge in [0.25, 0.3) is 0 Å². The molecule has 0 saturated heterocycles. The lowest BCUT2D eigenvalue weighted by Crippen LogP contribution is -2.36. The fraction of sp³-hybridized carbons (Fsp3) is 0.389. The molecule has 2 nitrogen and oxygen atoms in total. The largest absolute Gasteiger partial charge is 0.343 e. The first-order valence-electron chi connectivity index (χ1n) is 7.58. The Morgan fingerprint density at radius 3 is 2.64 bits per heavy atom. The van der Waals surface area contributed by atoms with E-state index >= 15 is 0 Å². The Hall–Kier alpha value is -1.32. The van der Waals surface area contributed by atoms with Crippen molar-refractivity contribution in [3.05, 3.63) is 57.2 Å². The lowest BCUT2D eigenvalue weighted by atomic mass is 10.1. The molecule has 0 aliphatic carbocycles. The Morgan fingerprint density at radius 2 is 2.00 bits per heavy atom. The minimum Gasteiger partial charge on any atom is -0.343 e.